The van der Waals surface area contributed by atoms with Gasteiger partial charge in [-0.25, -0.2) is 4.98 Å². The normalized spacial score (nSPS) is 18.9. The van der Waals surface area contributed by atoms with Gasteiger partial charge in [-0.2, -0.15) is 0 Å². The maximum Gasteiger partial charge on any atom is 0.110 e. The van der Waals surface area contributed by atoms with Crippen molar-refractivity contribution in [1.29, 1.82) is 0 Å². The summed E-state index contributed by atoms with van der Waals surface area (Å²) in [5.41, 5.74) is 2.16. The van der Waals surface area contributed by atoms with Crippen LogP contribution in [-0.2, 0) is 0 Å². The van der Waals surface area contributed by atoms with Crippen molar-refractivity contribution in [3.8, 4) is 11.4 Å². The van der Waals surface area contributed by atoms with Crippen molar-refractivity contribution in [3.05, 3.63) is 28.7 Å². The van der Waals surface area contributed by atoms with E-state index in [0.717, 1.165) is 37.6 Å². The molecule has 0 aromatic carbocycles. The van der Waals surface area contributed by atoms with Gasteiger partial charge < -0.3 is 10.3 Å². The van der Waals surface area contributed by atoms with Gasteiger partial charge in [0.2, 0.25) is 0 Å². The Morgan fingerprint density at radius 2 is 2.22 bits per heavy atom. The molecule has 2 N–H and O–H groups in total. The Bertz CT molecular complexity index is 485. The summed E-state index contributed by atoms with van der Waals surface area (Å²) < 4.78 is 0. The molecule has 5 heteroatoms. The lowest BCUT2D eigenvalue weighted by atomic mass is 10.2. The van der Waals surface area contributed by atoms with E-state index in [1.165, 1.54) is 5.01 Å². The van der Waals surface area contributed by atoms with E-state index in [4.69, 9.17) is 4.98 Å². The molecule has 2 aromatic rings. The van der Waals surface area contributed by atoms with Crippen LogP contribution in [0.5, 0.6) is 0 Å². The molecule has 1 unspecified atom stereocenters. The van der Waals surface area contributed by atoms with Crippen LogP contribution in [0.4, 0.5) is 0 Å². The molecule has 1 saturated heterocycles. The summed E-state index contributed by atoms with van der Waals surface area (Å²) in [6.45, 7) is 6.64. The van der Waals surface area contributed by atoms with Crippen molar-refractivity contribution in [2.75, 3.05) is 26.2 Å². The second-order valence-electron chi connectivity index (χ2n) is 4.62. The first-order chi connectivity index (χ1) is 8.84. The number of hydrogen-bond acceptors (Lipinski definition) is 4. The molecule has 3 heterocycles. The van der Waals surface area contributed by atoms with Crippen molar-refractivity contribution < 1.29 is 0 Å². The number of nitrogens with zero attached hydrogens (tertiary/aromatic N) is 2. The van der Waals surface area contributed by atoms with E-state index >= 15 is 0 Å². The molecule has 2 aromatic heterocycles. The molecule has 3 rings (SSSR count). The van der Waals surface area contributed by atoms with Crippen LogP contribution >= 0.6 is 11.3 Å². The number of piperazine rings is 1. The predicted octanol–water partition coefficient (Wildman–Crippen LogP) is 2.10. The first-order valence-electron chi connectivity index (χ1n) is 6.38. The van der Waals surface area contributed by atoms with Crippen molar-refractivity contribution in [1.82, 2.24) is 20.2 Å². The highest BCUT2D eigenvalue weighted by Crippen LogP contribution is 2.27. The van der Waals surface area contributed by atoms with Gasteiger partial charge in [-0.3, -0.25) is 4.90 Å². The van der Waals surface area contributed by atoms with Crippen molar-refractivity contribution in [2.45, 2.75) is 13.0 Å². The molecule has 96 valence electrons. The van der Waals surface area contributed by atoms with Crippen molar-refractivity contribution in [3.63, 3.8) is 0 Å². The first kappa shape index (κ1) is 11.9. The predicted molar refractivity (Wildman–Crippen MR) is 74.8 cm³/mol. The van der Waals surface area contributed by atoms with Crippen LogP contribution in [0.25, 0.3) is 11.4 Å². The Labute approximate surface area is 111 Å². The monoisotopic (exact) mass is 262 g/mol. The molecule has 0 saturated carbocycles. The summed E-state index contributed by atoms with van der Waals surface area (Å²) in [6, 6.07) is 4.49. The van der Waals surface area contributed by atoms with Crippen LogP contribution in [0.1, 0.15) is 18.0 Å². The fraction of sp³-hybridized carbons (Fsp3) is 0.462. The summed E-state index contributed by atoms with van der Waals surface area (Å²) in [5, 5.41) is 6.73. The number of hydrogen-bond donors (Lipinski definition) is 2. The minimum Gasteiger partial charge on any atom is -0.360 e. The van der Waals surface area contributed by atoms with Crippen molar-refractivity contribution >= 4 is 11.3 Å². The minimum atomic E-state index is 0.417. The molecule has 1 aliphatic heterocycles. The molecule has 0 spiro atoms. The summed E-state index contributed by atoms with van der Waals surface area (Å²) in [5.74, 6) is 0. The fourth-order valence-corrected chi connectivity index (χ4v) is 3.23. The third-order valence-corrected chi connectivity index (χ3v) is 4.47. The summed E-state index contributed by atoms with van der Waals surface area (Å²) >= 11 is 1.76. The maximum absolute atomic E-state index is 4.75. The van der Waals surface area contributed by atoms with Gasteiger partial charge in [-0.05, 0) is 19.1 Å². The van der Waals surface area contributed by atoms with Gasteiger partial charge in [0.1, 0.15) is 5.01 Å². The lowest BCUT2D eigenvalue weighted by Crippen LogP contribution is -2.44. The molecule has 4 nitrogen and oxygen atoms in total. The molecule has 1 aliphatic rings. The second kappa shape index (κ2) is 5.22. The molecule has 0 aliphatic carbocycles. The first-order valence-corrected chi connectivity index (χ1v) is 7.26. The zero-order valence-corrected chi connectivity index (χ0v) is 11.3. The molecule has 0 radical (unpaired) electrons. The van der Waals surface area contributed by atoms with Crippen LogP contribution < -0.4 is 5.32 Å². The molecular weight excluding hydrogens is 244 g/mol. The zero-order valence-electron chi connectivity index (χ0n) is 10.5. The van der Waals surface area contributed by atoms with Gasteiger partial charge in [-0.15, -0.1) is 11.3 Å². The maximum atomic E-state index is 4.75. The third-order valence-electron chi connectivity index (χ3n) is 3.45. The average Bonchev–Trinajstić information content (AvgIpc) is 3.09. The van der Waals surface area contributed by atoms with Gasteiger partial charge in [-0.1, -0.05) is 0 Å². The van der Waals surface area contributed by atoms with Gasteiger partial charge in [0.25, 0.3) is 0 Å². The van der Waals surface area contributed by atoms with Gasteiger partial charge in [0.05, 0.1) is 17.4 Å². The zero-order chi connectivity index (χ0) is 12.4. The largest absolute Gasteiger partial charge is 0.360 e. The lowest BCUT2D eigenvalue weighted by Gasteiger charge is -2.31. The standard InChI is InChI=1S/C13H18N4S/c1-10(17-7-5-14-6-8-17)13-16-12(9-18-13)11-3-2-4-15-11/h2-4,9-10,14-15H,5-8H2,1H3. The highest BCUT2D eigenvalue weighted by Gasteiger charge is 2.20. The van der Waals surface area contributed by atoms with E-state index in [9.17, 15) is 0 Å². The topological polar surface area (TPSA) is 44.0 Å². The minimum absolute atomic E-state index is 0.417. The Hall–Kier alpha value is -1.17. The summed E-state index contributed by atoms with van der Waals surface area (Å²) in [7, 11) is 0. The highest BCUT2D eigenvalue weighted by molar-refractivity contribution is 7.10. The van der Waals surface area contributed by atoms with E-state index in [1.54, 1.807) is 11.3 Å². The number of rotatable bonds is 3. The second-order valence-corrected chi connectivity index (χ2v) is 5.51. The molecule has 0 bridgehead atoms. The average molecular weight is 262 g/mol. The molecule has 0 amide bonds. The Morgan fingerprint density at radius 3 is 2.94 bits per heavy atom. The van der Waals surface area contributed by atoms with Gasteiger partial charge >= 0.3 is 0 Å². The Balaban J connectivity index is 1.76. The third kappa shape index (κ3) is 2.34. The SMILES string of the molecule is CC(c1nc(-c2ccc[nH]2)cs1)N1CCNCC1. The smallest absolute Gasteiger partial charge is 0.110 e. The number of aromatic amines is 1. The number of H-pyrrole nitrogens is 1. The Kier molecular flexibility index (Phi) is 3.45. The van der Waals surface area contributed by atoms with E-state index < -0.39 is 0 Å². The van der Waals surface area contributed by atoms with E-state index in [2.05, 4.69) is 33.6 Å². The Morgan fingerprint density at radius 1 is 1.39 bits per heavy atom. The van der Waals surface area contributed by atoms with Crippen LogP contribution in [0.3, 0.4) is 0 Å². The molecular formula is C13H18N4S. The quantitative estimate of drug-likeness (QED) is 0.890. The summed E-state index contributed by atoms with van der Waals surface area (Å²) in [4.78, 5) is 10.5. The van der Waals surface area contributed by atoms with Crippen LogP contribution in [0.2, 0.25) is 0 Å². The lowest BCUT2D eigenvalue weighted by molar-refractivity contribution is 0.185. The van der Waals surface area contributed by atoms with E-state index in [1.807, 2.05) is 12.3 Å². The van der Waals surface area contributed by atoms with Crippen molar-refractivity contribution in [2.24, 2.45) is 0 Å². The molecule has 1 atom stereocenters. The van der Waals surface area contributed by atoms with E-state index in [0.29, 0.717) is 6.04 Å². The number of nitrogens with one attached hydrogen (secondary N) is 2. The van der Waals surface area contributed by atoms with Gasteiger partial charge in [0, 0.05) is 37.8 Å². The van der Waals surface area contributed by atoms with Crippen LogP contribution in [0.15, 0.2) is 23.7 Å². The molecule has 1 fully saturated rings. The number of thiazole rings is 1. The fourth-order valence-electron chi connectivity index (χ4n) is 2.32. The van der Waals surface area contributed by atoms with E-state index in [-0.39, 0.29) is 0 Å². The number of aromatic nitrogens is 2. The molecule has 18 heavy (non-hydrogen) atoms. The van der Waals surface area contributed by atoms with Crippen LogP contribution in [-0.4, -0.2) is 41.0 Å². The van der Waals surface area contributed by atoms with Gasteiger partial charge in [0.15, 0.2) is 0 Å². The van der Waals surface area contributed by atoms with Crippen LogP contribution in [0, 0.1) is 0 Å². The summed E-state index contributed by atoms with van der Waals surface area (Å²) in [6.07, 6.45) is 1.94. The highest BCUT2D eigenvalue weighted by atomic mass is 32.1.